The van der Waals surface area contributed by atoms with Gasteiger partial charge in [0.05, 0.1) is 6.61 Å². The highest BCUT2D eigenvalue weighted by molar-refractivity contribution is 4.76. The van der Waals surface area contributed by atoms with E-state index in [9.17, 15) is 0 Å². The largest absolute Gasteiger partial charge is 0.395 e. The van der Waals surface area contributed by atoms with Gasteiger partial charge in [0, 0.05) is 18.6 Å². The smallest absolute Gasteiger partial charge is 0.0558 e. The van der Waals surface area contributed by atoms with Crippen LogP contribution in [0, 0.1) is 5.92 Å². The highest BCUT2D eigenvalue weighted by atomic mass is 16.3. The molecule has 0 fully saturated rings. The number of β-amino-alcohol motifs (C(OH)–C–C–N with tert-alkyl or cyclic N) is 1. The molecule has 0 saturated carbocycles. The second-order valence-corrected chi connectivity index (χ2v) is 4.73. The van der Waals surface area contributed by atoms with Crippen molar-refractivity contribution < 1.29 is 5.11 Å². The Morgan fingerprint density at radius 2 is 1.75 bits per heavy atom. The highest BCUT2D eigenvalue weighted by Crippen LogP contribution is 2.14. The summed E-state index contributed by atoms with van der Waals surface area (Å²) in [4.78, 5) is 2.32. The summed E-state index contributed by atoms with van der Waals surface area (Å²) >= 11 is 0. The van der Waals surface area contributed by atoms with Crippen molar-refractivity contribution in [1.82, 2.24) is 4.90 Å². The summed E-state index contributed by atoms with van der Waals surface area (Å²) in [5.41, 5.74) is 0.174. The zero-order chi connectivity index (χ0) is 9.78. The first-order valence-electron chi connectivity index (χ1n) is 4.74. The molecular formula is C10H23NO. The van der Waals surface area contributed by atoms with Crippen molar-refractivity contribution >= 4 is 0 Å². The van der Waals surface area contributed by atoms with E-state index in [-0.39, 0.29) is 12.1 Å². The van der Waals surface area contributed by atoms with Crippen LogP contribution in [0.1, 0.15) is 34.6 Å². The van der Waals surface area contributed by atoms with Gasteiger partial charge < -0.3 is 5.11 Å². The van der Waals surface area contributed by atoms with E-state index < -0.39 is 0 Å². The Morgan fingerprint density at radius 1 is 1.25 bits per heavy atom. The van der Waals surface area contributed by atoms with Crippen molar-refractivity contribution in [3.63, 3.8) is 0 Å². The lowest BCUT2D eigenvalue weighted by Crippen LogP contribution is -2.44. The van der Waals surface area contributed by atoms with Gasteiger partial charge in [0.1, 0.15) is 0 Å². The van der Waals surface area contributed by atoms with Gasteiger partial charge in [-0.15, -0.1) is 0 Å². The number of hydrogen-bond acceptors (Lipinski definition) is 2. The molecule has 0 saturated heterocycles. The lowest BCUT2D eigenvalue weighted by molar-refractivity contribution is 0.0932. The first kappa shape index (κ1) is 11.9. The van der Waals surface area contributed by atoms with Crippen molar-refractivity contribution in [2.45, 2.75) is 40.2 Å². The van der Waals surface area contributed by atoms with E-state index in [1.807, 2.05) is 0 Å². The summed E-state index contributed by atoms with van der Waals surface area (Å²) in [6.45, 7) is 13.1. The van der Waals surface area contributed by atoms with E-state index in [1.165, 1.54) is 0 Å². The summed E-state index contributed by atoms with van der Waals surface area (Å²) in [5.74, 6) is 0.663. The van der Waals surface area contributed by atoms with Crippen molar-refractivity contribution in [2.75, 3.05) is 19.7 Å². The van der Waals surface area contributed by atoms with Crippen molar-refractivity contribution in [2.24, 2.45) is 5.92 Å². The molecule has 0 rings (SSSR count). The molecule has 0 aromatic heterocycles. The quantitative estimate of drug-likeness (QED) is 0.700. The molecule has 0 aromatic rings. The average Bonchev–Trinajstić information content (AvgIpc) is 1.83. The fourth-order valence-corrected chi connectivity index (χ4v) is 1.26. The molecular weight excluding hydrogens is 150 g/mol. The second kappa shape index (κ2) is 4.83. The number of hydrogen-bond donors (Lipinski definition) is 1. The van der Waals surface area contributed by atoms with Crippen LogP contribution in [-0.4, -0.2) is 35.2 Å². The van der Waals surface area contributed by atoms with Crippen LogP contribution in [0.5, 0.6) is 0 Å². The van der Waals surface area contributed by atoms with Gasteiger partial charge in [0.25, 0.3) is 0 Å². The van der Waals surface area contributed by atoms with Crippen LogP contribution in [0.3, 0.4) is 0 Å². The number of nitrogens with zero attached hydrogens (tertiary/aromatic N) is 1. The number of rotatable bonds is 4. The van der Waals surface area contributed by atoms with Crippen molar-refractivity contribution in [3.8, 4) is 0 Å². The first-order valence-corrected chi connectivity index (χ1v) is 4.74. The molecule has 0 spiro atoms. The van der Waals surface area contributed by atoms with Crippen LogP contribution >= 0.6 is 0 Å². The maximum atomic E-state index is 8.87. The summed E-state index contributed by atoms with van der Waals surface area (Å²) in [7, 11) is 0. The molecule has 1 N–H and O–H groups in total. The Kier molecular flexibility index (Phi) is 4.80. The predicted octanol–water partition coefficient (Wildman–Crippen LogP) is 1.74. The van der Waals surface area contributed by atoms with Crippen LogP contribution in [-0.2, 0) is 0 Å². The first-order chi connectivity index (χ1) is 5.38. The van der Waals surface area contributed by atoms with E-state index in [1.54, 1.807) is 0 Å². The fourth-order valence-electron chi connectivity index (χ4n) is 1.26. The monoisotopic (exact) mass is 173 g/mol. The molecule has 74 valence electrons. The standard InChI is InChI=1S/C10H23NO/c1-9(2)8-11(6-7-12)10(3,4)5/h9,12H,6-8H2,1-5H3. The minimum Gasteiger partial charge on any atom is -0.395 e. The number of aliphatic hydroxyl groups is 1. The topological polar surface area (TPSA) is 23.5 Å². The summed E-state index contributed by atoms with van der Waals surface area (Å²) < 4.78 is 0. The molecule has 0 aliphatic carbocycles. The van der Waals surface area contributed by atoms with Gasteiger partial charge >= 0.3 is 0 Å². The Bertz CT molecular complexity index is 115. The lowest BCUT2D eigenvalue weighted by Gasteiger charge is -2.36. The molecule has 0 aliphatic rings. The molecule has 0 aromatic carbocycles. The van der Waals surface area contributed by atoms with Gasteiger partial charge in [-0.2, -0.15) is 0 Å². The second-order valence-electron chi connectivity index (χ2n) is 4.73. The maximum Gasteiger partial charge on any atom is 0.0558 e. The van der Waals surface area contributed by atoms with Gasteiger partial charge in [-0.1, -0.05) is 13.8 Å². The van der Waals surface area contributed by atoms with Crippen molar-refractivity contribution in [1.29, 1.82) is 0 Å². The van der Waals surface area contributed by atoms with Crippen LogP contribution in [0.25, 0.3) is 0 Å². The third-order valence-corrected chi connectivity index (χ3v) is 1.90. The van der Waals surface area contributed by atoms with E-state index in [4.69, 9.17) is 5.11 Å². The lowest BCUT2D eigenvalue weighted by atomic mass is 10.0. The van der Waals surface area contributed by atoms with E-state index in [0.717, 1.165) is 13.1 Å². The SMILES string of the molecule is CC(C)CN(CCO)C(C)(C)C. The molecule has 0 bridgehead atoms. The zero-order valence-electron chi connectivity index (χ0n) is 9.09. The molecule has 12 heavy (non-hydrogen) atoms. The van der Waals surface area contributed by atoms with E-state index in [2.05, 4.69) is 39.5 Å². The minimum atomic E-state index is 0.174. The van der Waals surface area contributed by atoms with Crippen molar-refractivity contribution in [3.05, 3.63) is 0 Å². The van der Waals surface area contributed by atoms with Gasteiger partial charge in [-0.25, -0.2) is 0 Å². The molecule has 0 atom stereocenters. The van der Waals surface area contributed by atoms with Gasteiger partial charge in [-0.3, -0.25) is 4.90 Å². The summed E-state index contributed by atoms with van der Waals surface area (Å²) in [6, 6.07) is 0. The van der Waals surface area contributed by atoms with Crippen LogP contribution in [0.4, 0.5) is 0 Å². The summed E-state index contributed by atoms with van der Waals surface area (Å²) in [6.07, 6.45) is 0. The molecule has 2 nitrogen and oxygen atoms in total. The Labute approximate surface area is 76.6 Å². The van der Waals surface area contributed by atoms with Gasteiger partial charge in [-0.05, 0) is 26.7 Å². The molecule has 0 heterocycles. The molecule has 0 unspecified atom stereocenters. The zero-order valence-corrected chi connectivity index (χ0v) is 9.09. The van der Waals surface area contributed by atoms with Crippen LogP contribution in [0.15, 0.2) is 0 Å². The van der Waals surface area contributed by atoms with E-state index >= 15 is 0 Å². The van der Waals surface area contributed by atoms with Gasteiger partial charge in [0.15, 0.2) is 0 Å². The Hall–Kier alpha value is -0.0800. The molecule has 2 heteroatoms. The summed E-state index contributed by atoms with van der Waals surface area (Å²) in [5, 5.41) is 8.87. The van der Waals surface area contributed by atoms with Crippen LogP contribution in [0.2, 0.25) is 0 Å². The van der Waals surface area contributed by atoms with E-state index in [0.29, 0.717) is 5.92 Å². The Balaban J connectivity index is 4.04. The predicted molar refractivity (Wildman–Crippen MR) is 53.2 cm³/mol. The third kappa shape index (κ3) is 4.73. The molecule has 0 radical (unpaired) electrons. The normalized spacial score (nSPS) is 13.0. The third-order valence-electron chi connectivity index (χ3n) is 1.90. The number of aliphatic hydroxyl groups excluding tert-OH is 1. The fraction of sp³-hybridized carbons (Fsp3) is 1.00. The average molecular weight is 173 g/mol. The minimum absolute atomic E-state index is 0.174. The van der Waals surface area contributed by atoms with Gasteiger partial charge in [0.2, 0.25) is 0 Å². The van der Waals surface area contributed by atoms with Crippen LogP contribution < -0.4 is 0 Å². The maximum absolute atomic E-state index is 8.87. The Morgan fingerprint density at radius 3 is 2.00 bits per heavy atom. The highest BCUT2D eigenvalue weighted by Gasteiger charge is 2.20. The molecule has 0 amide bonds. The molecule has 0 aliphatic heterocycles.